The first-order valence-electron chi connectivity index (χ1n) is 5.45. The zero-order chi connectivity index (χ0) is 18.1. The number of carbonyl (C=O) groups is 3. The van der Waals surface area contributed by atoms with Crippen molar-refractivity contribution < 1.29 is 51.4 Å². The molecule has 0 fully saturated rings. The predicted octanol–water partition coefficient (Wildman–Crippen LogP) is 1.20. The van der Waals surface area contributed by atoms with Gasteiger partial charge < -0.3 is 15.3 Å². The van der Waals surface area contributed by atoms with Crippen molar-refractivity contribution in [3.8, 4) is 37.0 Å². The van der Waals surface area contributed by atoms with Gasteiger partial charge in [0, 0.05) is 39.5 Å². The minimum absolute atomic E-state index is 0. The van der Waals surface area contributed by atoms with Crippen molar-refractivity contribution in [1.82, 2.24) is 0 Å². The smallest absolute Gasteiger partial charge is 0.381 e. The first kappa shape index (κ1) is 28.4. The van der Waals surface area contributed by atoms with Crippen LogP contribution >= 0.6 is 0 Å². The van der Waals surface area contributed by atoms with Crippen LogP contribution in [0.3, 0.4) is 0 Å². The van der Waals surface area contributed by atoms with Crippen molar-refractivity contribution in [3.63, 3.8) is 0 Å². The maximum Gasteiger partial charge on any atom is 0.381 e. The van der Waals surface area contributed by atoms with Crippen molar-refractivity contribution in [2.45, 2.75) is 20.3 Å². The minimum atomic E-state index is -1.22. The molecule has 0 radical (unpaired) electrons. The summed E-state index contributed by atoms with van der Waals surface area (Å²) < 4.78 is 0. The van der Waals surface area contributed by atoms with E-state index in [0.29, 0.717) is 0 Å². The molecule has 0 aromatic heterocycles. The Bertz CT molecular complexity index is 506. The molecule has 23 heavy (non-hydrogen) atoms. The molecule has 6 nitrogen and oxygen atoms in total. The van der Waals surface area contributed by atoms with Crippen molar-refractivity contribution in [1.29, 1.82) is 0 Å². The fourth-order valence-electron chi connectivity index (χ4n) is 0.650. The zero-order valence-corrected chi connectivity index (χ0v) is 14.1. The van der Waals surface area contributed by atoms with Gasteiger partial charge in [0.2, 0.25) is 0 Å². The van der Waals surface area contributed by atoms with Gasteiger partial charge in [-0.2, -0.15) is 6.08 Å². The normalized spacial score (nSPS) is 9.35. The molecule has 0 saturated heterocycles. The van der Waals surface area contributed by atoms with Crippen molar-refractivity contribution in [2.24, 2.45) is 0 Å². The van der Waals surface area contributed by atoms with E-state index in [1.807, 2.05) is 0 Å². The molecule has 1 aliphatic carbocycles. The van der Waals surface area contributed by atoms with E-state index in [2.05, 4.69) is 45.3 Å². The number of carboxylic acids is 3. The maximum absolute atomic E-state index is 9.13. The SMILES string of the molecule is C#CC(=O)O.C#CC(=O)O.C#CC(=O)O.CC1=[C-]CC=C1C.[Ti]. The van der Waals surface area contributed by atoms with Gasteiger partial charge in [-0.15, -0.1) is 32.6 Å². The molecule has 1 aliphatic rings. The topological polar surface area (TPSA) is 112 Å². The quantitative estimate of drug-likeness (QED) is 0.343. The van der Waals surface area contributed by atoms with E-state index in [-0.39, 0.29) is 21.7 Å². The molecule has 0 heterocycles. The molecule has 0 bridgehead atoms. The van der Waals surface area contributed by atoms with Crippen LogP contribution in [0, 0.1) is 43.1 Å². The van der Waals surface area contributed by atoms with Crippen LogP contribution in [-0.4, -0.2) is 33.2 Å². The maximum atomic E-state index is 9.13. The van der Waals surface area contributed by atoms with Crippen LogP contribution < -0.4 is 0 Å². The summed E-state index contributed by atoms with van der Waals surface area (Å²) in [6, 6.07) is 0. The average Bonchev–Trinajstić information content (AvgIpc) is 2.84. The third kappa shape index (κ3) is 32.6. The first-order valence-corrected chi connectivity index (χ1v) is 5.45. The van der Waals surface area contributed by atoms with Gasteiger partial charge in [0.05, 0.1) is 0 Å². The van der Waals surface area contributed by atoms with E-state index in [1.54, 1.807) is 0 Å². The number of aliphatic carboxylic acids is 3. The summed E-state index contributed by atoms with van der Waals surface area (Å²) in [6.07, 6.45) is 19.4. The monoisotopic (exact) mass is 351 g/mol. The van der Waals surface area contributed by atoms with Crippen LogP contribution in [0.25, 0.3) is 0 Å². The van der Waals surface area contributed by atoms with Gasteiger partial charge in [0.15, 0.2) is 0 Å². The standard InChI is InChI=1S/C7H9.3C3H2O2.Ti/c1-6-4-3-5-7(6)2;3*1-2-3(4)5;/h4H,3H2,1-2H3;3*1H,(H,4,5);/q-1;;;;. The largest absolute Gasteiger partial charge is 0.472 e. The zero-order valence-electron chi connectivity index (χ0n) is 12.6. The Morgan fingerprint density at radius 1 is 0.957 bits per heavy atom. The molecule has 0 amide bonds. The van der Waals surface area contributed by atoms with Crippen molar-refractivity contribution in [2.75, 3.05) is 0 Å². The second kappa shape index (κ2) is 19.3. The summed E-state index contributed by atoms with van der Waals surface area (Å²) in [6.45, 7) is 4.22. The average molecular weight is 351 g/mol. The van der Waals surface area contributed by atoms with Crippen molar-refractivity contribution >= 4 is 17.9 Å². The molecule has 1 rings (SSSR count). The molecule has 3 N–H and O–H groups in total. The van der Waals surface area contributed by atoms with E-state index < -0.39 is 17.9 Å². The molecule has 0 aromatic rings. The summed E-state index contributed by atoms with van der Waals surface area (Å²) >= 11 is 0. The fourth-order valence-corrected chi connectivity index (χ4v) is 0.650. The van der Waals surface area contributed by atoms with Gasteiger partial charge in [-0.3, -0.25) is 6.08 Å². The third-order valence-electron chi connectivity index (χ3n) is 1.74. The molecule has 120 valence electrons. The summed E-state index contributed by atoms with van der Waals surface area (Å²) in [5.41, 5.74) is 2.71. The summed E-state index contributed by atoms with van der Waals surface area (Å²) in [5.74, 6) is 0.681. The Kier molecular flexibility index (Phi) is 23.9. The third-order valence-corrected chi connectivity index (χ3v) is 1.74. The van der Waals surface area contributed by atoms with E-state index in [9.17, 15) is 0 Å². The number of allylic oxidation sites excluding steroid dienone is 4. The van der Waals surface area contributed by atoms with Crippen molar-refractivity contribution in [3.05, 3.63) is 23.3 Å². The Labute approximate surface area is 150 Å². The van der Waals surface area contributed by atoms with Gasteiger partial charge in [0.1, 0.15) is 0 Å². The van der Waals surface area contributed by atoms with E-state index in [0.717, 1.165) is 6.42 Å². The van der Waals surface area contributed by atoms with Crippen LogP contribution in [0.2, 0.25) is 0 Å². The molecule has 0 atom stereocenters. The Balaban J connectivity index is -0.000000105. The number of carboxylic acid groups (broad SMARTS) is 3. The Hall–Kier alpha value is -2.72. The second-order valence-electron chi connectivity index (χ2n) is 3.24. The summed E-state index contributed by atoms with van der Waals surface area (Å²) in [5, 5.41) is 22.5. The van der Waals surface area contributed by atoms with Gasteiger partial charge >= 0.3 is 17.9 Å². The van der Waals surface area contributed by atoms with Gasteiger partial charge in [0.25, 0.3) is 0 Å². The van der Waals surface area contributed by atoms with E-state index >= 15 is 0 Å². The number of hydrogen-bond acceptors (Lipinski definition) is 3. The molecule has 0 saturated carbocycles. The van der Waals surface area contributed by atoms with Crippen LogP contribution in [0.15, 0.2) is 17.2 Å². The summed E-state index contributed by atoms with van der Waals surface area (Å²) in [7, 11) is 0. The number of terminal acetylenes is 3. The first-order chi connectivity index (χ1) is 10.1. The van der Waals surface area contributed by atoms with Gasteiger partial charge in [-0.05, 0) is 0 Å². The second-order valence-corrected chi connectivity index (χ2v) is 3.24. The molecule has 0 spiro atoms. The molecular weight excluding hydrogens is 336 g/mol. The molecule has 7 heteroatoms. The van der Waals surface area contributed by atoms with Gasteiger partial charge in [-0.1, -0.05) is 6.92 Å². The predicted molar refractivity (Wildman–Crippen MR) is 80.2 cm³/mol. The van der Waals surface area contributed by atoms with Gasteiger partial charge in [-0.25, -0.2) is 25.5 Å². The molecule has 0 aromatic carbocycles. The Morgan fingerprint density at radius 2 is 1.22 bits per heavy atom. The van der Waals surface area contributed by atoms with E-state index in [4.69, 9.17) is 29.7 Å². The number of rotatable bonds is 0. The van der Waals surface area contributed by atoms with Crippen LogP contribution in [0.4, 0.5) is 0 Å². The number of hydrogen-bond donors (Lipinski definition) is 3. The summed E-state index contributed by atoms with van der Waals surface area (Å²) in [4.78, 5) is 27.4. The fraction of sp³-hybridized carbons (Fsp3) is 0.188. The molecule has 0 unspecified atom stereocenters. The minimum Gasteiger partial charge on any atom is -0.472 e. The molecular formula is C16H15O6Ti-. The Morgan fingerprint density at radius 3 is 1.26 bits per heavy atom. The van der Waals surface area contributed by atoms with Crippen LogP contribution in [0.5, 0.6) is 0 Å². The molecule has 0 aliphatic heterocycles. The van der Waals surface area contributed by atoms with E-state index in [1.165, 1.54) is 28.9 Å². The van der Waals surface area contributed by atoms with Crippen LogP contribution in [0.1, 0.15) is 20.3 Å². The van der Waals surface area contributed by atoms with Crippen LogP contribution in [-0.2, 0) is 36.1 Å².